The van der Waals surface area contributed by atoms with Crippen molar-refractivity contribution in [3.8, 4) is 0 Å². The second-order valence-corrected chi connectivity index (χ2v) is 4.83. The summed E-state index contributed by atoms with van der Waals surface area (Å²) in [6.07, 6.45) is 0. The largest absolute Gasteiger partial charge is 0.478 e. The van der Waals surface area contributed by atoms with Gasteiger partial charge < -0.3 is 10.0 Å². The average molecular weight is 253 g/mol. The molecule has 4 nitrogen and oxygen atoms in total. The molecule has 0 spiro atoms. The third-order valence-corrected chi connectivity index (χ3v) is 3.39. The molecule has 5 heteroatoms. The zero-order chi connectivity index (χ0) is 13.0. The Morgan fingerprint density at radius 1 is 1.35 bits per heavy atom. The van der Waals surface area contributed by atoms with Crippen LogP contribution in [0.1, 0.15) is 18.7 Å². The van der Waals surface area contributed by atoms with E-state index in [1.165, 1.54) is 18.7 Å². The van der Waals surface area contributed by atoms with Crippen LogP contribution in [-0.2, 0) is 16.1 Å². The van der Waals surface area contributed by atoms with E-state index in [2.05, 4.69) is 0 Å². The van der Waals surface area contributed by atoms with Gasteiger partial charge in [-0.05, 0) is 25.3 Å². The molecule has 17 heavy (non-hydrogen) atoms. The molecule has 92 valence electrons. The van der Waals surface area contributed by atoms with E-state index in [0.29, 0.717) is 6.54 Å². The summed E-state index contributed by atoms with van der Waals surface area (Å²) in [6, 6.07) is 3.86. The molecule has 1 aromatic rings. The Morgan fingerprint density at radius 2 is 2.00 bits per heavy atom. The van der Waals surface area contributed by atoms with Crippen LogP contribution in [0.25, 0.3) is 0 Å². The summed E-state index contributed by atoms with van der Waals surface area (Å²) in [4.78, 5) is 25.3. The third kappa shape index (κ3) is 3.42. The van der Waals surface area contributed by atoms with E-state index in [1.807, 2.05) is 17.5 Å². The standard InChI is InChI=1S/C12H15NO3S/c1-8(9(2)12(15)16)11(14)13(3)7-10-5-4-6-17-10/h4-6H,7H2,1-3H3,(H,15,16). The monoisotopic (exact) mass is 253 g/mol. The lowest BCUT2D eigenvalue weighted by Crippen LogP contribution is -2.27. The molecule has 1 N–H and O–H groups in total. The molecule has 0 radical (unpaired) electrons. The molecule has 0 atom stereocenters. The van der Waals surface area contributed by atoms with Crippen LogP contribution in [0.15, 0.2) is 28.7 Å². The Hall–Kier alpha value is -1.62. The highest BCUT2D eigenvalue weighted by Crippen LogP contribution is 2.13. The van der Waals surface area contributed by atoms with Gasteiger partial charge in [0.2, 0.25) is 5.91 Å². The summed E-state index contributed by atoms with van der Waals surface area (Å²) in [6.45, 7) is 3.48. The van der Waals surface area contributed by atoms with E-state index in [9.17, 15) is 9.59 Å². The number of carbonyl (C=O) groups is 2. The van der Waals surface area contributed by atoms with Crippen LogP contribution >= 0.6 is 11.3 Å². The molecule has 0 saturated heterocycles. The molecule has 0 saturated carbocycles. The van der Waals surface area contributed by atoms with Crippen molar-refractivity contribution in [2.24, 2.45) is 0 Å². The first-order valence-electron chi connectivity index (χ1n) is 5.12. The van der Waals surface area contributed by atoms with Crippen molar-refractivity contribution >= 4 is 23.2 Å². The van der Waals surface area contributed by atoms with Gasteiger partial charge in [0.1, 0.15) is 0 Å². The molecule has 0 aromatic carbocycles. The molecular formula is C12H15NO3S. The maximum Gasteiger partial charge on any atom is 0.331 e. The summed E-state index contributed by atoms with van der Waals surface area (Å²) in [5, 5.41) is 10.8. The van der Waals surface area contributed by atoms with Gasteiger partial charge in [-0.25, -0.2) is 4.79 Å². The highest BCUT2D eigenvalue weighted by Gasteiger charge is 2.16. The van der Waals surface area contributed by atoms with Crippen molar-refractivity contribution in [2.75, 3.05) is 7.05 Å². The normalized spacial score (nSPS) is 11.9. The molecule has 0 fully saturated rings. The SMILES string of the molecule is CC(C(=O)O)=C(C)C(=O)N(C)Cc1cccs1. The number of hydrogen-bond donors (Lipinski definition) is 1. The molecule has 1 aromatic heterocycles. The minimum Gasteiger partial charge on any atom is -0.478 e. The van der Waals surface area contributed by atoms with E-state index in [1.54, 1.807) is 18.4 Å². The van der Waals surface area contributed by atoms with Crippen molar-refractivity contribution in [2.45, 2.75) is 20.4 Å². The van der Waals surface area contributed by atoms with Crippen LogP contribution in [0, 0.1) is 0 Å². The maximum absolute atomic E-state index is 11.9. The van der Waals surface area contributed by atoms with E-state index >= 15 is 0 Å². The first-order valence-corrected chi connectivity index (χ1v) is 6.00. The van der Waals surface area contributed by atoms with Gasteiger partial charge in [0.25, 0.3) is 0 Å². The number of amides is 1. The zero-order valence-corrected chi connectivity index (χ0v) is 10.9. The van der Waals surface area contributed by atoms with Gasteiger partial charge in [0.05, 0.1) is 6.54 Å². The van der Waals surface area contributed by atoms with E-state index in [4.69, 9.17) is 5.11 Å². The van der Waals surface area contributed by atoms with E-state index < -0.39 is 5.97 Å². The van der Waals surface area contributed by atoms with Gasteiger partial charge in [-0.15, -0.1) is 11.3 Å². The Morgan fingerprint density at radius 3 is 2.47 bits per heavy atom. The number of likely N-dealkylation sites (N-methyl/N-ethyl adjacent to an activating group) is 1. The van der Waals surface area contributed by atoms with E-state index in [0.717, 1.165) is 4.88 Å². The van der Waals surface area contributed by atoms with Crippen LogP contribution < -0.4 is 0 Å². The van der Waals surface area contributed by atoms with Crippen LogP contribution in [0.2, 0.25) is 0 Å². The predicted molar refractivity (Wildman–Crippen MR) is 66.8 cm³/mol. The molecule has 1 rings (SSSR count). The second-order valence-electron chi connectivity index (χ2n) is 3.80. The summed E-state index contributed by atoms with van der Waals surface area (Å²) in [5.74, 6) is -1.31. The highest BCUT2D eigenvalue weighted by atomic mass is 32.1. The predicted octanol–water partition coefficient (Wildman–Crippen LogP) is 2.13. The minimum atomic E-state index is -1.06. The number of carboxylic acid groups (broad SMARTS) is 1. The summed E-state index contributed by atoms with van der Waals surface area (Å²) in [5.41, 5.74) is 0.365. The fraction of sp³-hybridized carbons (Fsp3) is 0.333. The van der Waals surface area contributed by atoms with Crippen LogP contribution in [0.3, 0.4) is 0 Å². The fourth-order valence-electron chi connectivity index (χ4n) is 1.32. The summed E-state index contributed by atoms with van der Waals surface area (Å²) >= 11 is 1.57. The number of rotatable bonds is 4. The number of nitrogens with zero attached hydrogens (tertiary/aromatic N) is 1. The fourth-order valence-corrected chi connectivity index (χ4v) is 2.07. The molecule has 1 amide bonds. The Labute approximate surface area is 104 Å². The molecule has 0 aliphatic carbocycles. The van der Waals surface area contributed by atoms with Crippen molar-refractivity contribution in [3.63, 3.8) is 0 Å². The van der Waals surface area contributed by atoms with Gasteiger partial charge >= 0.3 is 5.97 Å². The topological polar surface area (TPSA) is 57.6 Å². The van der Waals surface area contributed by atoms with Crippen LogP contribution in [-0.4, -0.2) is 28.9 Å². The second kappa shape index (κ2) is 5.63. The highest BCUT2D eigenvalue weighted by molar-refractivity contribution is 7.09. The molecule has 0 aliphatic heterocycles. The van der Waals surface area contributed by atoms with Gasteiger partial charge in [-0.3, -0.25) is 4.79 Å². The number of carboxylic acids is 1. The van der Waals surface area contributed by atoms with E-state index in [-0.39, 0.29) is 17.1 Å². The number of hydrogen-bond acceptors (Lipinski definition) is 3. The van der Waals surface area contributed by atoms with Gasteiger partial charge in [-0.1, -0.05) is 6.07 Å². The maximum atomic E-state index is 11.9. The zero-order valence-electron chi connectivity index (χ0n) is 10.1. The lowest BCUT2D eigenvalue weighted by Gasteiger charge is -2.17. The first kappa shape index (κ1) is 13.4. The molecule has 0 bridgehead atoms. The summed E-state index contributed by atoms with van der Waals surface area (Å²) < 4.78 is 0. The average Bonchev–Trinajstić information content (AvgIpc) is 2.78. The van der Waals surface area contributed by atoms with Crippen molar-refractivity contribution in [1.82, 2.24) is 4.90 Å². The van der Waals surface area contributed by atoms with Gasteiger partial charge in [0.15, 0.2) is 0 Å². The number of aliphatic carboxylic acids is 1. The molecule has 0 aliphatic rings. The lowest BCUT2D eigenvalue weighted by molar-refractivity contribution is -0.133. The molecule has 0 unspecified atom stereocenters. The number of carbonyl (C=O) groups excluding carboxylic acids is 1. The Balaban J connectivity index is 2.77. The third-order valence-electron chi connectivity index (χ3n) is 2.52. The lowest BCUT2D eigenvalue weighted by atomic mass is 10.1. The Kier molecular flexibility index (Phi) is 4.45. The van der Waals surface area contributed by atoms with Crippen LogP contribution in [0.4, 0.5) is 0 Å². The van der Waals surface area contributed by atoms with Gasteiger partial charge in [-0.2, -0.15) is 0 Å². The van der Waals surface area contributed by atoms with Gasteiger partial charge in [0, 0.05) is 23.1 Å². The van der Waals surface area contributed by atoms with Crippen molar-refractivity contribution in [1.29, 1.82) is 0 Å². The van der Waals surface area contributed by atoms with Crippen molar-refractivity contribution < 1.29 is 14.7 Å². The minimum absolute atomic E-state index is 0.0908. The Bertz CT molecular complexity index is 448. The quantitative estimate of drug-likeness (QED) is 0.836. The molecular weight excluding hydrogens is 238 g/mol. The number of thiophene rings is 1. The first-order chi connectivity index (χ1) is 7.93. The smallest absolute Gasteiger partial charge is 0.331 e. The van der Waals surface area contributed by atoms with Crippen molar-refractivity contribution in [3.05, 3.63) is 33.5 Å². The summed E-state index contributed by atoms with van der Waals surface area (Å²) in [7, 11) is 1.67. The molecule has 1 heterocycles. The van der Waals surface area contributed by atoms with Crippen LogP contribution in [0.5, 0.6) is 0 Å².